The first kappa shape index (κ1) is 19.6. The largest absolute Gasteiger partial charge is 0.343 e. The van der Waals surface area contributed by atoms with E-state index in [0.717, 1.165) is 28.1 Å². The van der Waals surface area contributed by atoms with E-state index in [4.69, 9.17) is 17.3 Å². The maximum atomic E-state index is 12.8. The second-order valence-corrected chi connectivity index (χ2v) is 9.02. The van der Waals surface area contributed by atoms with Crippen molar-refractivity contribution in [1.82, 2.24) is 15.5 Å². The summed E-state index contributed by atoms with van der Waals surface area (Å²) in [6.07, 6.45) is 3.00. The number of carbonyl (C=O) groups is 2. The monoisotopic (exact) mass is 420 g/mol. The molecule has 1 aromatic carbocycles. The lowest BCUT2D eigenvalue weighted by Crippen LogP contribution is -2.61. The molecule has 0 saturated carbocycles. The Balaban J connectivity index is 1.38. The van der Waals surface area contributed by atoms with E-state index in [0.29, 0.717) is 32.5 Å². The summed E-state index contributed by atoms with van der Waals surface area (Å²) in [7, 11) is 0. The smallest absolute Gasteiger partial charge is 0.245 e. The molecule has 0 bridgehead atoms. The summed E-state index contributed by atoms with van der Waals surface area (Å²) >= 11 is 8.20. The molecular formula is C20H25ClN4O2S. The van der Waals surface area contributed by atoms with Crippen LogP contribution in [0.5, 0.6) is 0 Å². The summed E-state index contributed by atoms with van der Waals surface area (Å²) in [5.74, 6) is -0.00708. The minimum Gasteiger partial charge on any atom is -0.343 e. The van der Waals surface area contributed by atoms with Gasteiger partial charge in [-0.25, -0.2) is 0 Å². The van der Waals surface area contributed by atoms with E-state index >= 15 is 0 Å². The van der Waals surface area contributed by atoms with Crippen molar-refractivity contribution in [3.05, 3.63) is 34.2 Å². The molecule has 3 atom stereocenters. The van der Waals surface area contributed by atoms with E-state index in [2.05, 4.69) is 16.7 Å². The fourth-order valence-corrected chi connectivity index (χ4v) is 5.56. The highest BCUT2D eigenvalue weighted by atomic mass is 35.5. The highest BCUT2D eigenvalue weighted by Crippen LogP contribution is 2.35. The molecule has 2 fully saturated rings. The first-order valence-electron chi connectivity index (χ1n) is 9.78. The Morgan fingerprint density at radius 1 is 1.29 bits per heavy atom. The van der Waals surface area contributed by atoms with Gasteiger partial charge in [0.2, 0.25) is 11.8 Å². The molecule has 8 heteroatoms. The molecule has 2 aliphatic rings. The van der Waals surface area contributed by atoms with E-state index in [9.17, 15) is 9.59 Å². The second-order valence-electron chi connectivity index (χ2n) is 7.50. The summed E-state index contributed by atoms with van der Waals surface area (Å²) in [6.45, 7) is 1.81. The van der Waals surface area contributed by atoms with Gasteiger partial charge in [0.15, 0.2) is 0 Å². The van der Waals surface area contributed by atoms with Gasteiger partial charge >= 0.3 is 0 Å². The molecule has 3 heterocycles. The fourth-order valence-electron chi connectivity index (χ4n) is 4.11. The van der Waals surface area contributed by atoms with Gasteiger partial charge in [-0.1, -0.05) is 29.8 Å². The first-order valence-corrected chi connectivity index (χ1v) is 11.0. The third-order valence-electron chi connectivity index (χ3n) is 5.60. The average molecular weight is 421 g/mol. The third kappa shape index (κ3) is 3.76. The van der Waals surface area contributed by atoms with Crippen LogP contribution in [0.25, 0.3) is 10.1 Å². The second kappa shape index (κ2) is 8.37. The lowest BCUT2D eigenvalue weighted by atomic mass is 10.0. The number of benzene rings is 1. The van der Waals surface area contributed by atoms with E-state index in [1.807, 2.05) is 18.2 Å². The molecular weight excluding hydrogens is 396 g/mol. The van der Waals surface area contributed by atoms with Gasteiger partial charge in [0.1, 0.15) is 12.1 Å². The lowest BCUT2D eigenvalue weighted by molar-refractivity contribution is -0.147. The first-order chi connectivity index (χ1) is 13.6. The third-order valence-corrected chi connectivity index (χ3v) is 7.32. The maximum Gasteiger partial charge on any atom is 0.245 e. The van der Waals surface area contributed by atoms with Crippen LogP contribution >= 0.6 is 22.9 Å². The van der Waals surface area contributed by atoms with E-state index in [1.54, 1.807) is 16.2 Å². The van der Waals surface area contributed by atoms with Crippen LogP contribution in [0.4, 0.5) is 0 Å². The molecule has 6 nitrogen and oxygen atoms in total. The van der Waals surface area contributed by atoms with Crippen molar-refractivity contribution in [2.45, 2.75) is 50.4 Å². The van der Waals surface area contributed by atoms with E-state index in [-0.39, 0.29) is 23.9 Å². The zero-order valence-corrected chi connectivity index (χ0v) is 17.2. The van der Waals surface area contributed by atoms with Crippen LogP contribution in [0, 0.1) is 0 Å². The predicted molar refractivity (Wildman–Crippen MR) is 112 cm³/mol. The van der Waals surface area contributed by atoms with Gasteiger partial charge in [-0.05, 0) is 38.3 Å². The van der Waals surface area contributed by atoms with Crippen molar-refractivity contribution in [3.8, 4) is 0 Å². The van der Waals surface area contributed by atoms with Crippen LogP contribution in [-0.4, -0.2) is 47.9 Å². The molecule has 2 saturated heterocycles. The van der Waals surface area contributed by atoms with E-state index in [1.165, 1.54) is 4.70 Å². The number of nitrogens with zero attached hydrogens (tertiary/aromatic N) is 1. The zero-order chi connectivity index (χ0) is 19.7. The molecule has 4 N–H and O–H groups in total. The van der Waals surface area contributed by atoms with Gasteiger partial charge in [0, 0.05) is 34.1 Å². The molecule has 0 radical (unpaired) electrons. The minimum atomic E-state index is -0.411. The number of amides is 2. The van der Waals surface area contributed by atoms with Crippen LogP contribution in [0.2, 0.25) is 5.02 Å². The number of halogens is 1. The number of piperazine rings is 1. The van der Waals surface area contributed by atoms with Crippen molar-refractivity contribution in [2.75, 3.05) is 13.1 Å². The normalized spacial score (nSPS) is 24.6. The minimum absolute atomic E-state index is 0.0332. The molecule has 2 aromatic rings. The summed E-state index contributed by atoms with van der Waals surface area (Å²) < 4.78 is 1.17. The van der Waals surface area contributed by atoms with Gasteiger partial charge < -0.3 is 21.3 Å². The standard InChI is InChI=1S/C20H25ClN4O2S/c21-18-13-5-1-2-7-16(13)28-17(18)10-23-12-9-15-19(26)24-14(6-3-4-8-22)20(27)25(15)11-12/h1-2,5,7,12,14-15,23H,3-4,6,8-11,22H2,(H,24,26)/t12-,14-,15-/m0/s1. The van der Waals surface area contributed by atoms with Crippen LogP contribution < -0.4 is 16.4 Å². The molecule has 4 rings (SSSR count). The summed E-state index contributed by atoms with van der Waals surface area (Å²) in [4.78, 5) is 28.1. The molecule has 2 amide bonds. The van der Waals surface area contributed by atoms with Crippen molar-refractivity contribution in [2.24, 2.45) is 5.73 Å². The van der Waals surface area contributed by atoms with Gasteiger partial charge in [0.05, 0.1) is 5.02 Å². The number of hydrogen-bond acceptors (Lipinski definition) is 5. The topological polar surface area (TPSA) is 87.5 Å². The zero-order valence-electron chi connectivity index (χ0n) is 15.6. The van der Waals surface area contributed by atoms with Crippen LogP contribution in [0.3, 0.4) is 0 Å². The molecule has 150 valence electrons. The fraction of sp³-hybridized carbons (Fsp3) is 0.500. The molecule has 1 aromatic heterocycles. The molecule has 2 aliphatic heterocycles. The lowest BCUT2D eigenvalue weighted by Gasteiger charge is -2.34. The van der Waals surface area contributed by atoms with Crippen molar-refractivity contribution in [3.63, 3.8) is 0 Å². The molecule has 28 heavy (non-hydrogen) atoms. The number of nitrogens with one attached hydrogen (secondary N) is 2. The Kier molecular flexibility index (Phi) is 5.87. The molecule has 0 unspecified atom stereocenters. The van der Waals surface area contributed by atoms with E-state index < -0.39 is 6.04 Å². The number of rotatable bonds is 7. The quantitative estimate of drug-likeness (QED) is 0.599. The summed E-state index contributed by atoms with van der Waals surface area (Å²) in [6, 6.07) is 7.40. The van der Waals surface area contributed by atoms with Crippen molar-refractivity contribution >= 4 is 44.8 Å². The molecule has 0 spiro atoms. The maximum absolute atomic E-state index is 12.8. The highest BCUT2D eigenvalue weighted by molar-refractivity contribution is 7.19. The van der Waals surface area contributed by atoms with Crippen molar-refractivity contribution < 1.29 is 9.59 Å². The Morgan fingerprint density at radius 3 is 2.89 bits per heavy atom. The predicted octanol–water partition coefficient (Wildman–Crippen LogP) is 2.24. The Labute approximate surface area is 173 Å². The van der Waals surface area contributed by atoms with Crippen LogP contribution in [0.15, 0.2) is 24.3 Å². The number of fused-ring (bicyclic) bond motifs is 2. The number of thiophene rings is 1. The Hall–Kier alpha value is -1.67. The summed E-state index contributed by atoms with van der Waals surface area (Å²) in [5, 5.41) is 8.26. The van der Waals surface area contributed by atoms with Gasteiger partial charge in [0.25, 0.3) is 0 Å². The molecule has 0 aliphatic carbocycles. The Morgan fingerprint density at radius 2 is 2.11 bits per heavy atom. The van der Waals surface area contributed by atoms with Crippen LogP contribution in [-0.2, 0) is 16.1 Å². The number of carbonyl (C=O) groups excluding carboxylic acids is 2. The van der Waals surface area contributed by atoms with Gasteiger partial charge in [-0.3, -0.25) is 9.59 Å². The SMILES string of the molecule is NCCCC[C@@H]1NC(=O)[C@@H]2C[C@H](NCc3sc4ccccc4c3Cl)CN2C1=O. The Bertz CT molecular complexity index is 886. The average Bonchev–Trinajstić information content (AvgIpc) is 3.27. The summed E-state index contributed by atoms with van der Waals surface area (Å²) in [5.41, 5.74) is 5.53. The number of hydrogen-bond donors (Lipinski definition) is 3. The number of unbranched alkanes of at least 4 members (excludes halogenated alkanes) is 1. The highest BCUT2D eigenvalue weighted by Gasteiger charge is 2.45. The van der Waals surface area contributed by atoms with Gasteiger partial charge in [-0.15, -0.1) is 11.3 Å². The van der Waals surface area contributed by atoms with Gasteiger partial charge in [-0.2, -0.15) is 0 Å². The van der Waals surface area contributed by atoms with Crippen LogP contribution in [0.1, 0.15) is 30.6 Å². The number of nitrogens with two attached hydrogens (primary N) is 1. The van der Waals surface area contributed by atoms with Crippen molar-refractivity contribution in [1.29, 1.82) is 0 Å².